The lowest BCUT2D eigenvalue weighted by Crippen LogP contribution is -2.40. The predicted molar refractivity (Wildman–Crippen MR) is 86.1 cm³/mol. The Labute approximate surface area is 126 Å². The number of nitrogens with one attached hydrogen (secondary N) is 1. The van der Waals surface area contributed by atoms with E-state index < -0.39 is 0 Å². The van der Waals surface area contributed by atoms with Crippen LogP contribution in [0.25, 0.3) is 0 Å². The van der Waals surface area contributed by atoms with Gasteiger partial charge in [-0.3, -0.25) is 0 Å². The molecule has 21 heavy (non-hydrogen) atoms. The third kappa shape index (κ3) is 2.90. The standard InChI is InChI=1S/C15H26N6/c1-9(2)6-11-13(16)19-15(17)20-14(11)21-7-10-4-3-5-18-12(10)8-21/h9-10,12,18H,3-8H2,1-2H3,(H4,16,17,19,20). The molecule has 2 aliphatic rings. The number of fused-ring (bicyclic) bond motifs is 1. The Morgan fingerprint density at radius 3 is 2.81 bits per heavy atom. The Balaban J connectivity index is 1.90. The lowest BCUT2D eigenvalue weighted by atomic mass is 9.94. The van der Waals surface area contributed by atoms with Crippen molar-refractivity contribution in [2.75, 3.05) is 36.0 Å². The van der Waals surface area contributed by atoms with Crippen LogP contribution in [0.1, 0.15) is 32.3 Å². The minimum absolute atomic E-state index is 0.276. The highest BCUT2D eigenvalue weighted by Gasteiger charge is 2.36. The fraction of sp³-hybridized carbons (Fsp3) is 0.733. The number of hydrogen-bond donors (Lipinski definition) is 3. The summed E-state index contributed by atoms with van der Waals surface area (Å²) >= 11 is 0. The van der Waals surface area contributed by atoms with Crippen LogP contribution in [0.4, 0.5) is 17.6 Å². The summed E-state index contributed by atoms with van der Waals surface area (Å²) in [5.41, 5.74) is 13.0. The molecule has 2 unspecified atom stereocenters. The SMILES string of the molecule is CC(C)Cc1c(N)nc(N)nc1N1CC2CCCNC2C1. The van der Waals surface area contributed by atoms with Gasteiger partial charge in [0.05, 0.1) is 0 Å². The number of hydrogen-bond acceptors (Lipinski definition) is 6. The summed E-state index contributed by atoms with van der Waals surface area (Å²) in [6, 6.07) is 0.572. The third-order valence-corrected chi connectivity index (χ3v) is 4.55. The summed E-state index contributed by atoms with van der Waals surface area (Å²) in [5, 5.41) is 3.62. The Morgan fingerprint density at radius 1 is 1.29 bits per heavy atom. The van der Waals surface area contributed by atoms with E-state index in [4.69, 9.17) is 11.5 Å². The van der Waals surface area contributed by atoms with Gasteiger partial charge in [-0.25, -0.2) is 0 Å². The molecular formula is C15H26N6. The maximum absolute atomic E-state index is 6.11. The molecule has 5 N–H and O–H groups in total. The molecule has 6 heteroatoms. The van der Waals surface area contributed by atoms with Crippen LogP contribution in [0, 0.1) is 11.8 Å². The molecule has 2 atom stereocenters. The number of nitrogen functional groups attached to an aromatic ring is 2. The van der Waals surface area contributed by atoms with Gasteiger partial charge < -0.3 is 21.7 Å². The second kappa shape index (κ2) is 5.67. The summed E-state index contributed by atoms with van der Waals surface area (Å²) in [5.74, 6) is 2.99. The van der Waals surface area contributed by atoms with Gasteiger partial charge in [-0.1, -0.05) is 13.8 Å². The van der Waals surface area contributed by atoms with E-state index in [2.05, 4.69) is 34.0 Å². The van der Waals surface area contributed by atoms with Gasteiger partial charge in [0.25, 0.3) is 0 Å². The Bertz CT molecular complexity index is 501. The maximum Gasteiger partial charge on any atom is 0.223 e. The summed E-state index contributed by atoms with van der Waals surface area (Å²) in [6.45, 7) is 7.53. The molecule has 0 aliphatic carbocycles. The maximum atomic E-state index is 6.11. The van der Waals surface area contributed by atoms with Crippen LogP contribution in [0.15, 0.2) is 0 Å². The van der Waals surface area contributed by atoms with E-state index in [1.807, 2.05) is 0 Å². The van der Waals surface area contributed by atoms with Gasteiger partial charge >= 0.3 is 0 Å². The second-order valence-corrected chi connectivity index (χ2v) is 6.74. The van der Waals surface area contributed by atoms with Crippen molar-refractivity contribution >= 4 is 17.6 Å². The Morgan fingerprint density at radius 2 is 2.10 bits per heavy atom. The van der Waals surface area contributed by atoms with Crippen LogP contribution in [0.2, 0.25) is 0 Å². The molecule has 1 aromatic heterocycles. The van der Waals surface area contributed by atoms with Crippen LogP contribution in [-0.2, 0) is 6.42 Å². The van der Waals surface area contributed by atoms with Crippen LogP contribution >= 0.6 is 0 Å². The molecule has 2 aliphatic heterocycles. The first-order chi connectivity index (χ1) is 10.0. The monoisotopic (exact) mass is 290 g/mol. The molecule has 3 rings (SSSR count). The second-order valence-electron chi connectivity index (χ2n) is 6.74. The van der Waals surface area contributed by atoms with Crippen molar-refractivity contribution in [3.05, 3.63) is 5.56 Å². The Kier molecular flexibility index (Phi) is 3.89. The van der Waals surface area contributed by atoms with E-state index in [-0.39, 0.29) is 5.95 Å². The summed E-state index contributed by atoms with van der Waals surface area (Å²) < 4.78 is 0. The first-order valence-corrected chi connectivity index (χ1v) is 7.94. The zero-order valence-corrected chi connectivity index (χ0v) is 13.0. The molecule has 0 radical (unpaired) electrons. The number of nitrogens with zero attached hydrogens (tertiary/aromatic N) is 3. The summed E-state index contributed by atoms with van der Waals surface area (Å²) in [7, 11) is 0. The van der Waals surface area contributed by atoms with Crippen molar-refractivity contribution in [3.8, 4) is 0 Å². The van der Waals surface area contributed by atoms with Gasteiger partial charge in [-0.2, -0.15) is 9.97 Å². The lowest BCUT2D eigenvalue weighted by molar-refractivity contribution is 0.340. The molecule has 0 aromatic carbocycles. The normalized spacial score (nSPS) is 25.4. The summed E-state index contributed by atoms with van der Waals surface area (Å²) in [4.78, 5) is 11.0. The molecule has 6 nitrogen and oxygen atoms in total. The topological polar surface area (TPSA) is 93.1 Å². The van der Waals surface area contributed by atoms with E-state index in [1.54, 1.807) is 0 Å². The van der Waals surface area contributed by atoms with Crippen molar-refractivity contribution in [3.63, 3.8) is 0 Å². The zero-order valence-electron chi connectivity index (χ0n) is 13.0. The highest BCUT2D eigenvalue weighted by molar-refractivity contribution is 5.60. The smallest absolute Gasteiger partial charge is 0.223 e. The molecule has 0 saturated carbocycles. The number of nitrogens with two attached hydrogens (primary N) is 2. The van der Waals surface area contributed by atoms with Crippen LogP contribution in [-0.4, -0.2) is 35.6 Å². The summed E-state index contributed by atoms with van der Waals surface area (Å²) in [6.07, 6.45) is 3.45. The van der Waals surface area contributed by atoms with E-state index in [0.717, 1.165) is 37.4 Å². The van der Waals surface area contributed by atoms with E-state index in [9.17, 15) is 0 Å². The van der Waals surface area contributed by atoms with Crippen molar-refractivity contribution < 1.29 is 0 Å². The van der Waals surface area contributed by atoms with Crippen LogP contribution in [0.5, 0.6) is 0 Å². The van der Waals surface area contributed by atoms with Crippen LogP contribution < -0.4 is 21.7 Å². The minimum atomic E-state index is 0.276. The number of aromatic nitrogens is 2. The van der Waals surface area contributed by atoms with Crippen molar-refractivity contribution in [2.24, 2.45) is 11.8 Å². The molecule has 3 heterocycles. The highest BCUT2D eigenvalue weighted by atomic mass is 15.3. The van der Waals surface area contributed by atoms with Gasteiger partial charge in [0.15, 0.2) is 0 Å². The Hall–Kier alpha value is -1.56. The molecule has 0 spiro atoms. The van der Waals surface area contributed by atoms with Crippen LogP contribution in [0.3, 0.4) is 0 Å². The minimum Gasteiger partial charge on any atom is -0.383 e. The van der Waals surface area contributed by atoms with Gasteiger partial charge in [-0.15, -0.1) is 0 Å². The molecule has 2 fully saturated rings. The van der Waals surface area contributed by atoms with E-state index in [1.165, 1.54) is 12.8 Å². The third-order valence-electron chi connectivity index (χ3n) is 4.55. The fourth-order valence-corrected chi connectivity index (χ4v) is 3.59. The first kappa shape index (κ1) is 14.4. The largest absolute Gasteiger partial charge is 0.383 e. The lowest BCUT2D eigenvalue weighted by Gasteiger charge is -2.24. The van der Waals surface area contributed by atoms with Gasteiger partial charge in [0.2, 0.25) is 5.95 Å². The number of anilines is 3. The van der Waals surface area contributed by atoms with Crippen molar-refractivity contribution in [1.29, 1.82) is 0 Å². The average Bonchev–Trinajstić information content (AvgIpc) is 2.84. The van der Waals surface area contributed by atoms with E-state index >= 15 is 0 Å². The first-order valence-electron chi connectivity index (χ1n) is 7.94. The quantitative estimate of drug-likeness (QED) is 0.770. The predicted octanol–water partition coefficient (Wildman–Crippen LogP) is 1.03. The van der Waals surface area contributed by atoms with Gasteiger partial charge in [0.1, 0.15) is 11.6 Å². The average molecular weight is 290 g/mol. The molecular weight excluding hydrogens is 264 g/mol. The molecule has 0 bridgehead atoms. The molecule has 116 valence electrons. The molecule has 1 aromatic rings. The van der Waals surface area contributed by atoms with Gasteiger partial charge in [0, 0.05) is 24.7 Å². The number of rotatable bonds is 3. The molecule has 2 saturated heterocycles. The number of piperidine rings is 1. The van der Waals surface area contributed by atoms with Gasteiger partial charge in [-0.05, 0) is 37.6 Å². The highest BCUT2D eigenvalue weighted by Crippen LogP contribution is 2.33. The van der Waals surface area contributed by atoms with Crippen molar-refractivity contribution in [1.82, 2.24) is 15.3 Å². The molecule has 0 amide bonds. The fourth-order valence-electron chi connectivity index (χ4n) is 3.59. The zero-order chi connectivity index (χ0) is 15.0. The van der Waals surface area contributed by atoms with Crippen molar-refractivity contribution in [2.45, 2.75) is 39.2 Å². The van der Waals surface area contributed by atoms with E-state index in [0.29, 0.717) is 23.7 Å².